The Kier molecular flexibility index (Phi) is 5.04. The number of methoxy groups -OCH3 is 2. The molecule has 0 aliphatic heterocycles. The van der Waals surface area contributed by atoms with Crippen LogP contribution in [-0.4, -0.2) is 14.2 Å². The normalized spacial score (nSPS) is 11.8. The van der Waals surface area contributed by atoms with Gasteiger partial charge in [0.05, 0.1) is 20.3 Å². The van der Waals surface area contributed by atoms with Gasteiger partial charge in [0.15, 0.2) is 0 Å². The van der Waals surface area contributed by atoms with Crippen LogP contribution in [0.25, 0.3) is 0 Å². The van der Waals surface area contributed by atoms with Gasteiger partial charge in [0.25, 0.3) is 0 Å². The van der Waals surface area contributed by atoms with Crippen molar-refractivity contribution in [2.24, 2.45) is 0 Å². The van der Waals surface area contributed by atoms with E-state index in [1.54, 1.807) is 26.4 Å². The first-order valence-corrected chi connectivity index (χ1v) is 6.91. The topological polar surface area (TPSA) is 30.5 Å². The molecule has 0 spiro atoms. The van der Waals surface area contributed by atoms with Crippen LogP contribution >= 0.6 is 0 Å². The van der Waals surface area contributed by atoms with Crippen molar-refractivity contribution in [2.45, 2.75) is 19.4 Å². The largest absolute Gasteiger partial charge is 0.497 e. The third kappa shape index (κ3) is 3.88. The summed E-state index contributed by atoms with van der Waals surface area (Å²) in [7, 11) is 3.23. The van der Waals surface area contributed by atoms with Crippen molar-refractivity contribution in [1.82, 2.24) is 0 Å². The van der Waals surface area contributed by atoms with Gasteiger partial charge >= 0.3 is 0 Å². The van der Waals surface area contributed by atoms with Crippen molar-refractivity contribution in [1.29, 1.82) is 0 Å². The molecule has 0 aliphatic carbocycles. The van der Waals surface area contributed by atoms with Gasteiger partial charge in [-0.25, -0.2) is 4.39 Å². The van der Waals surface area contributed by atoms with E-state index < -0.39 is 0 Å². The van der Waals surface area contributed by atoms with Gasteiger partial charge in [-0.15, -0.1) is 0 Å². The summed E-state index contributed by atoms with van der Waals surface area (Å²) in [5.74, 6) is 1.20. The molecule has 0 aromatic heterocycles. The molecule has 0 bridgehead atoms. The van der Waals surface area contributed by atoms with Crippen molar-refractivity contribution in [3.05, 3.63) is 53.8 Å². The van der Waals surface area contributed by atoms with Crippen molar-refractivity contribution in [2.75, 3.05) is 19.5 Å². The maximum absolute atomic E-state index is 13.4. The van der Waals surface area contributed by atoms with Crippen molar-refractivity contribution in [3.63, 3.8) is 0 Å². The molecule has 0 saturated carbocycles. The lowest BCUT2D eigenvalue weighted by Gasteiger charge is -2.20. The lowest BCUT2D eigenvalue weighted by Crippen LogP contribution is -2.10. The van der Waals surface area contributed by atoms with Crippen molar-refractivity contribution >= 4 is 5.69 Å². The predicted octanol–water partition coefficient (Wildman–Crippen LogP) is 4.41. The van der Waals surface area contributed by atoms with Crippen LogP contribution in [0.5, 0.6) is 11.5 Å². The number of benzene rings is 2. The molecule has 4 heteroatoms. The molecule has 1 N–H and O–H groups in total. The fourth-order valence-electron chi connectivity index (χ4n) is 2.24. The maximum Gasteiger partial charge on any atom is 0.124 e. The SMILES string of the molecule is CCC(Nc1cc(OC)cc(OC)c1)c1cccc(F)c1. The fraction of sp³-hybridized carbons (Fsp3) is 0.294. The molecule has 0 radical (unpaired) electrons. The fourth-order valence-corrected chi connectivity index (χ4v) is 2.24. The first-order chi connectivity index (χ1) is 10.2. The van der Waals surface area contributed by atoms with Crippen LogP contribution in [0.3, 0.4) is 0 Å². The highest BCUT2D eigenvalue weighted by Gasteiger charge is 2.11. The second-order valence-corrected chi connectivity index (χ2v) is 4.76. The summed E-state index contributed by atoms with van der Waals surface area (Å²) in [6.07, 6.45) is 0.836. The number of hydrogen-bond acceptors (Lipinski definition) is 3. The molecular formula is C17H20FNO2. The summed E-state index contributed by atoms with van der Waals surface area (Å²) in [5, 5.41) is 3.39. The van der Waals surface area contributed by atoms with E-state index in [2.05, 4.69) is 12.2 Å². The minimum absolute atomic E-state index is 0.0255. The summed E-state index contributed by atoms with van der Waals surface area (Å²) < 4.78 is 23.9. The lowest BCUT2D eigenvalue weighted by molar-refractivity contribution is 0.394. The zero-order valence-electron chi connectivity index (χ0n) is 12.5. The molecule has 2 aromatic carbocycles. The molecule has 21 heavy (non-hydrogen) atoms. The quantitative estimate of drug-likeness (QED) is 0.854. The van der Waals surface area contributed by atoms with Gasteiger partial charge in [0.1, 0.15) is 17.3 Å². The minimum atomic E-state index is -0.226. The van der Waals surface area contributed by atoms with Gasteiger partial charge in [0, 0.05) is 23.9 Å². The van der Waals surface area contributed by atoms with Crippen LogP contribution in [0, 0.1) is 5.82 Å². The Morgan fingerprint density at radius 2 is 1.71 bits per heavy atom. The summed E-state index contributed by atoms with van der Waals surface area (Å²) in [4.78, 5) is 0. The number of hydrogen-bond donors (Lipinski definition) is 1. The molecule has 2 aromatic rings. The molecule has 3 nitrogen and oxygen atoms in total. The Hall–Kier alpha value is -2.23. The van der Waals surface area contributed by atoms with E-state index in [9.17, 15) is 4.39 Å². The van der Waals surface area contributed by atoms with Gasteiger partial charge in [0.2, 0.25) is 0 Å². The number of anilines is 1. The summed E-state index contributed by atoms with van der Waals surface area (Å²) in [6.45, 7) is 2.06. The van der Waals surface area contributed by atoms with Crippen LogP contribution in [-0.2, 0) is 0 Å². The highest BCUT2D eigenvalue weighted by Crippen LogP contribution is 2.29. The lowest BCUT2D eigenvalue weighted by atomic mass is 10.0. The average Bonchev–Trinajstić information content (AvgIpc) is 2.52. The smallest absolute Gasteiger partial charge is 0.124 e. The van der Waals surface area contributed by atoms with Crippen LogP contribution in [0.1, 0.15) is 24.9 Å². The average molecular weight is 289 g/mol. The first kappa shape index (κ1) is 15.2. The molecule has 1 unspecified atom stereocenters. The molecule has 0 amide bonds. The van der Waals surface area contributed by atoms with Crippen molar-refractivity contribution in [3.8, 4) is 11.5 Å². The number of halogens is 1. The van der Waals surface area contributed by atoms with Gasteiger partial charge in [-0.05, 0) is 24.1 Å². The number of ether oxygens (including phenoxy) is 2. The Morgan fingerprint density at radius 1 is 1.05 bits per heavy atom. The second-order valence-electron chi connectivity index (χ2n) is 4.76. The Labute approximate surface area is 124 Å². The van der Waals surface area contributed by atoms with E-state index in [4.69, 9.17) is 9.47 Å². The summed E-state index contributed by atoms with van der Waals surface area (Å²) in [6, 6.07) is 12.3. The number of rotatable bonds is 6. The zero-order chi connectivity index (χ0) is 15.2. The van der Waals surface area contributed by atoms with E-state index in [1.165, 1.54) is 6.07 Å². The van der Waals surface area contributed by atoms with Crippen LogP contribution < -0.4 is 14.8 Å². The molecule has 1 atom stereocenters. The standard InChI is InChI=1S/C17H20FNO2/c1-4-17(12-6-5-7-13(18)8-12)19-14-9-15(20-2)11-16(10-14)21-3/h5-11,17,19H,4H2,1-3H3. The highest BCUT2D eigenvalue weighted by molar-refractivity contribution is 5.55. The van der Waals surface area contributed by atoms with E-state index >= 15 is 0 Å². The molecule has 112 valence electrons. The van der Waals surface area contributed by atoms with E-state index in [-0.39, 0.29) is 11.9 Å². The Bertz CT molecular complexity index is 579. The molecule has 0 saturated heterocycles. The van der Waals surface area contributed by atoms with Gasteiger partial charge in [-0.3, -0.25) is 0 Å². The molecular weight excluding hydrogens is 269 g/mol. The van der Waals surface area contributed by atoms with E-state index in [0.717, 1.165) is 17.7 Å². The Balaban J connectivity index is 2.26. The van der Waals surface area contributed by atoms with E-state index in [0.29, 0.717) is 11.5 Å². The van der Waals surface area contributed by atoms with Crippen LogP contribution in [0.15, 0.2) is 42.5 Å². The number of nitrogens with one attached hydrogen (secondary N) is 1. The molecule has 0 heterocycles. The van der Waals surface area contributed by atoms with E-state index in [1.807, 2.05) is 24.3 Å². The van der Waals surface area contributed by atoms with Crippen LogP contribution in [0.4, 0.5) is 10.1 Å². The van der Waals surface area contributed by atoms with Crippen LogP contribution in [0.2, 0.25) is 0 Å². The second kappa shape index (κ2) is 6.97. The summed E-state index contributed by atoms with van der Waals surface area (Å²) in [5.41, 5.74) is 1.79. The Morgan fingerprint density at radius 3 is 2.24 bits per heavy atom. The van der Waals surface area contributed by atoms with Gasteiger partial charge in [-0.1, -0.05) is 19.1 Å². The zero-order valence-corrected chi connectivity index (χ0v) is 12.5. The third-order valence-electron chi connectivity index (χ3n) is 3.35. The first-order valence-electron chi connectivity index (χ1n) is 6.91. The summed E-state index contributed by atoms with van der Waals surface area (Å²) >= 11 is 0. The van der Waals surface area contributed by atoms with Crippen molar-refractivity contribution < 1.29 is 13.9 Å². The molecule has 0 fully saturated rings. The third-order valence-corrected chi connectivity index (χ3v) is 3.35. The maximum atomic E-state index is 13.4. The molecule has 0 aliphatic rings. The molecule has 2 rings (SSSR count). The van der Waals surface area contributed by atoms with Gasteiger partial charge in [-0.2, -0.15) is 0 Å². The predicted molar refractivity (Wildman–Crippen MR) is 82.6 cm³/mol. The highest BCUT2D eigenvalue weighted by atomic mass is 19.1. The minimum Gasteiger partial charge on any atom is -0.497 e. The van der Waals surface area contributed by atoms with Gasteiger partial charge < -0.3 is 14.8 Å². The monoisotopic (exact) mass is 289 g/mol.